The van der Waals surface area contributed by atoms with Gasteiger partial charge in [-0.15, -0.1) is 21.5 Å². The molecule has 0 fully saturated rings. The summed E-state index contributed by atoms with van der Waals surface area (Å²) in [6.07, 6.45) is 0. The minimum absolute atomic E-state index is 0.292. The number of thiophene rings is 1. The van der Waals surface area contributed by atoms with Gasteiger partial charge < -0.3 is 0 Å². The van der Waals surface area contributed by atoms with Gasteiger partial charge in [-0.3, -0.25) is 10.1 Å². The summed E-state index contributed by atoms with van der Waals surface area (Å²) in [6, 6.07) is 10.1. The molecule has 3 heterocycles. The molecule has 0 unspecified atom stereocenters. The van der Waals surface area contributed by atoms with Crippen molar-refractivity contribution in [1.29, 1.82) is 0 Å². The van der Waals surface area contributed by atoms with Crippen molar-refractivity contribution in [3.8, 4) is 5.69 Å². The van der Waals surface area contributed by atoms with E-state index >= 15 is 0 Å². The van der Waals surface area contributed by atoms with Crippen LogP contribution in [0.5, 0.6) is 0 Å². The second kappa shape index (κ2) is 8.44. The third-order valence-electron chi connectivity index (χ3n) is 4.13. The van der Waals surface area contributed by atoms with Crippen molar-refractivity contribution < 1.29 is 9.18 Å². The number of anilines is 1. The number of aromatic nitrogens is 4. The first-order valence-corrected chi connectivity index (χ1v) is 11.3. The van der Waals surface area contributed by atoms with Crippen LogP contribution in [0.3, 0.4) is 0 Å². The van der Waals surface area contributed by atoms with Gasteiger partial charge in [-0.05, 0) is 49.6 Å². The Bertz CT molecular complexity index is 1140. The van der Waals surface area contributed by atoms with Crippen molar-refractivity contribution in [2.45, 2.75) is 23.9 Å². The molecule has 1 amide bonds. The summed E-state index contributed by atoms with van der Waals surface area (Å²) >= 11 is 4.62. The summed E-state index contributed by atoms with van der Waals surface area (Å²) < 4.78 is 15.6. The molecule has 3 aromatic heterocycles. The van der Waals surface area contributed by atoms with Gasteiger partial charge in [0.25, 0.3) is 5.91 Å². The van der Waals surface area contributed by atoms with Crippen LogP contribution in [0.25, 0.3) is 5.69 Å². The van der Waals surface area contributed by atoms with Gasteiger partial charge in [0.1, 0.15) is 5.82 Å². The topological polar surface area (TPSA) is 72.7 Å². The first-order chi connectivity index (χ1) is 14.0. The van der Waals surface area contributed by atoms with Crippen LogP contribution in [0.4, 0.5) is 9.52 Å². The maximum atomic E-state index is 13.2. The maximum absolute atomic E-state index is 13.2. The zero-order valence-corrected chi connectivity index (χ0v) is 18.0. The van der Waals surface area contributed by atoms with Crippen LogP contribution in [-0.4, -0.2) is 25.9 Å². The molecule has 0 aliphatic rings. The number of carbonyl (C=O) groups is 1. The molecule has 10 heteroatoms. The lowest BCUT2D eigenvalue weighted by Crippen LogP contribution is -2.14. The molecule has 1 N–H and O–H groups in total. The van der Waals surface area contributed by atoms with E-state index in [-0.39, 0.29) is 11.7 Å². The molecule has 148 valence electrons. The normalized spacial score (nSPS) is 11.0. The van der Waals surface area contributed by atoms with Crippen molar-refractivity contribution in [3.05, 3.63) is 69.4 Å². The third-order valence-corrected chi connectivity index (χ3v) is 7.21. The molecule has 4 rings (SSSR count). The van der Waals surface area contributed by atoms with E-state index < -0.39 is 0 Å². The van der Waals surface area contributed by atoms with E-state index in [1.807, 2.05) is 11.4 Å². The van der Waals surface area contributed by atoms with E-state index in [0.29, 0.717) is 27.8 Å². The number of amides is 1. The van der Waals surface area contributed by atoms with E-state index in [1.165, 1.54) is 28.3 Å². The average Bonchev–Trinajstić information content (AvgIpc) is 3.42. The molecule has 0 spiro atoms. The second-order valence-corrected chi connectivity index (χ2v) is 9.36. The summed E-state index contributed by atoms with van der Waals surface area (Å²) in [5.74, 6) is 0.208. The van der Waals surface area contributed by atoms with Gasteiger partial charge in [0.15, 0.2) is 4.34 Å². The number of nitrogens with zero attached hydrogens (tertiary/aromatic N) is 4. The standard InChI is InChI=1S/C19H16FN5OS3/c1-11-16(12(2)25(24-11)14-7-5-13(20)6-8-14)17(26)21-18-22-23-19(29-18)28-10-15-4-3-9-27-15/h3-9H,10H2,1-2H3,(H,21,22,26). The van der Waals surface area contributed by atoms with Crippen LogP contribution in [-0.2, 0) is 5.75 Å². The van der Waals surface area contributed by atoms with E-state index in [9.17, 15) is 9.18 Å². The molecule has 6 nitrogen and oxygen atoms in total. The van der Waals surface area contributed by atoms with Gasteiger partial charge in [-0.1, -0.05) is 29.2 Å². The molecule has 4 aromatic rings. The minimum Gasteiger partial charge on any atom is -0.296 e. The molecule has 0 aliphatic heterocycles. The fraction of sp³-hybridized carbons (Fsp3) is 0.158. The highest BCUT2D eigenvalue weighted by molar-refractivity contribution is 8.00. The molecular weight excluding hydrogens is 429 g/mol. The van der Waals surface area contributed by atoms with Gasteiger partial charge in [0.2, 0.25) is 5.13 Å². The number of aryl methyl sites for hydroxylation is 1. The van der Waals surface area contributed by atoms with Crippen molar-refractivity contribution in [1.82, 2.24) is 20.0 Å². The second-order valence-electron chi connectivity index (χ2n) is 6.13. The smallest absolute Gasteiger partial charge is 0.261 e. The quantitative estimate of drug-likeness (QED) is 0.331. The first kappa shape index (κ1) is 19.7. The van der Waals surface area contributed by atoms with E-state index in [4.69, 9.17) is 0 Å². The van der Waals surface area contributed by atoms with Gasteiger partial charge in [-0.2, -0.15) is 5.10 Å². The minimum atomic E-state index is -0.322. The number of carbonyl (C=O) groups excluding carboxylic acids is 1. The predicted octanol–water partition coefficient (Wildman–Crippen LogP) is 5.09. The van der Waals surface area contributed by atoms with E-state index in [2.05, 4.69) is 26.7 Å². The van der Waals surface area contributed by atoms with E-state index in [1.54, 1.807) is 53.8 Å². The molecule has 0 atom stereocenters. The average molecular weight is 446 g/mol. The fourth-order valence-electron chi connectivity index (χ4n) is 2.81. The Morgan fingerprint density at radius 1 is 1.21 bits per heavy atom. The Balaban J connectivity index is 1.48. The van der Waals surface area contributed by atoms with E-state index in [0.717, 1.165) is 10.1 Å². The molecule has 0 saturated carbocycles. The molecular formula is C19H16FN5OS3. The summed E-state index contributed by atoms with van der Waals surface area (Å²) in [5.41, 5.74) is 2.41. The highest BCUT2D eigenvalue weighted by Gasteiger charge is 2.21. The molecule has 0 saturated heterocycles. The van der Waals surface area contributed by atoms with Crippen LogP contribution in [0.15, 0.2) is 46.1 Å². The molecule has 0 radical (unpaired) electrons. The van der Waals surface area contributed by atoms with Crippen molar-refractivity contribution in [2.24, 2.45) is 0 Å². The molecule has 0 bridgehead atoms. The Morgan fingerprint density at radius 3 is 2.72 bits per heavy atom. The SMILES string of the molecule is Cc1nn(-c2ccc(F)cc2)c(C)c1C(=O)Nc1nnc(SCc2cccs2)s1. The van der Waals surface area contributed by atoms with Crippen LogP contribution < -0.4 is 5.32 Å². The number of nitrogens with one attached hydrogen (secondary N) is 1. The zero-order valence-electron chi connectivity index (χ0n) is 15.5. The lowest BCUT2D eigenvalue weighted by molar-refractivity contribution is 0.102. The summed E-state index contributed by atoms with van der Waals surface area (Å²) in [4.78, 5) is 14.1. The zero-order chi connectivity index (χ0) is 20.4. The third kappa shape index (κ3) is 4.39. The van der Waals surface area contributed by atoms with Crippen LogP contribution in [0, 0.1) is 19.7 Å². The number of hydrogen-bond donors (Lipinski definition) is 1. The Hall–Kier alpha value is -2.56. The number of halogens is 1. The van der Waals surface area contributed by atoms with Crippen LogP contribution in [0.1, 0.15) is 26.6 Å². The Labute approximate surface area is 178 Å². The fourth-order valence-corrected chi connectivity index (χ4v) is 5.33. The van der Waals surface area contributed by atoms with Gasteiger partial charge >= 0.3 is 0 Å². The highest BCUT2D eigenvalue weighted by atomic mass is 32.2. The molecule has 0 aliphatic carbocycles. The predicted molar refractivity (Wildman–Crippen MR) is 115 cm³/mol. The maximum Gasteiger partial charge on any atom is 0.261 e. The van der Waals surface area contributed by atoms with Crippen molar-refractivity contribution in [3.63, 3.8) is 0 Å². The number of benzene rings is 1. The van der Waals surface area contributed by atoms with Gasteiger partial charge in [0.05, 0.1) is 22.6 Å². The van der Waals surface area contributed by atoms with Crippen molar-refractivity contribution >= 4 is 45.5 Å². The largest absolute Gasteiger partial charge is 0.296 e. The number of thioether (sulfide) groups is 1. The summed E-state index contributed by atoms with van der Waals surface area (Å²) in [5, 5.41) is 17.9. The summed E-state index contributed by atoms with van der Waals surface area (Å²) in [6.45, 7) is 3.57. The van der Waals surface area contributed by atoms with Crippen molar-refractivity contribution in [2.75, 3.05) is 5.32 Å². The van der Waals surface area contributed by atoms with Gasteiger partial charge in [0, 0.05) is 10.6 Å². The molecule has 1 aromatic carbocycles. The number of rotatable bonds is 6. The van der Waals surface area contributed by atoms with Gasteiger partial charge in [-0.25, -0.2) is 9.07 Å². The monoisotopic (exact) mass is 445 g/mol. The Kier molecular flexibility index (Phi) is 5.74. The summed E-state index contributed by atoms with van der Waals surface area (Å²) in [7, 11) is 0. The van der Waals surface area contributed by atoms with Crippen LogP contribution in [0.2, 0.25) is 0 Å². The molecule has 29 heavy (non-hydrogen) atoms. The Morgan fingerprint density at radius 2 is 2.00 bits per heavy atom. The highest BCUT2D eigenvalue weighted by Crippen LogP contribution is 2.30. The first-order valence-electron chi connectivity index (χ1n) is 8.63. The van der Waals surface area contributed by atoms with Crippen LogP contribution >= 0.6 is 34.4 Å². The number of hydrogen-bond acceptors (Lipinski definition) is 7. The lowest BCUT2D eigenvalue weighted by atomic mass is 10.2. The lowest BCUT2D eigenvalue weighted by Gasteiger charge is -2.05.